The second-order valence-corrected chi connectivity index (χ2v) is 6.95. The zero-order valence-electron chi connectivity index (χ0n) is 13.9. The Labute approximate surface area is 149 Å². The molecule has 0 aromatic carbocycles. The van der Waals surface area contributed by atoms with Crippen LogP contribution in [0.5, 0.6) is 0 Å². The molecule has 0 spiro atoms. The van der Waals surface area contributed by atoms with Gasteiger partial charge in [-0.3, -0.25) is 4.79 Å². The lowest BCUT2D eigenvalue weighted by Gasteiger charge is -2.35. The van der Waals surface area contributed by atoms with E-state index >= 15 is 0 Å². The lowest BCUT2D eigenvalue weighted by atomic mass is 10.1. The highest BCUT2D eigenvalue weighted by Crippen LogP contribution is 2.25. The molecule has 1 unspecified atom stereocenters. The first-order valence-corrected chi connectivity index (χ1v) is 9.06. The summed E-state index contributed by atoms with van der Waals surface area (Å²) >= 11 is 1.57. The highest BCUT2D eigenvalue weighted by molar-refractivity contribution is 7.13. The summed E-state index contributed by atoms with van der Waals surface area (Å²) in [6.07, 6.45) is 5.47. The number of piperazine rings is 1. The number of hydrogen-bond donors (Lipinski definition) is 1. The lowest BCUT2D eigenvalue weighted by Crippen LogP contribution is -2.49. The van der Waals surface area contributed by atoms with Crippen molar-refractivity contribution in [3.63, 3.8) is 0 Å². The minimum Gasteiger partial charge on any atom is -0.444 e. The fourth-order valence-corrected chi connectivity index (χ4v) is 3.75. The Balaban J connectivity index is 1.50. The molecule has 0 bridgehead atoms. The average molecular weight is 357 g/mol. The number of aromatic nitrogens is 3. The second-order valence-electron chi connectivity index (χ2n) is 6.00. The van der Waals surface area contributed by atoms with Gasteiger partial charge in [0.2, 0.25) is 11.8 Å². The van der Waals surface area contributed by atoms with Crippen LogP contribution in [0.15, 0.2) is 40.6 Å². The second kappa shape index (κ2) is 6.81. The minimum atomic E-state index is -0.0649. The van der Waals surface area contributed by atoms with Gasteiger partial charge in [-0.25, -0.2) is 9.97 Å². The molecule has 7 nitrogen and oxygen atoms in total. The summed E-state index contributed by atoms with van der Waals surface area (Å²) in [6, 6.07) is 3.84. The molecule has 1 atom stereocenters. The molecule has 4 heterocycles. The van der Waals surface area contributed by atoms with Crippen molar-refractivity contribution in [3.05, 3.63) is 47.7 Å². The quantitative estimate of drug-likeness (QED) is 0.771. The molecular weight excluding hydrogens is 338 g/mol. The predicted molar refractivity (Wildman–Crippen MR) is 94.1 cm³/mol. The number of aryl methyl sites for hydroxylation is 1. The van der Waals surface area contributed by atoms with Gasteiger partial charge in [0.1, 0.15) is 18.1 Å². The van der Waals surface area contributed by atoms with Gasteiger partial charge >= 0.3 is 0 Å². The summed E-state index contributed by atoms with van der Waals surface area (Å²) in [5.41, 5.74) is 0.658. The number of nitrogens with zero attached hydrogens (tertiary/aromatic N) is 4. The van der Waals surface area contributed by atoms with E-state index in [2.05, 4.69) is 15.3 Å². The number of oxazole rings is 1. The first-order chi connectivity index (χ1) is 12.2. The molecule has 4 rings (SSSR count). The lowest BCUT2D eigenvalue weighted by molar-refractivity contribution is -0.134. The maximum absolute atomic E-state index is 12.9. The van der Waals surface area contributed by atoms with Gasteiger partial charge in [-0.1, -0.05) is 6.07 Å². The van der Waals surface area contributed by atoms with Gasteiger partial charge in [0.05, 0.1) is 17.0 Å². The molecule has 1 fully saturated rings. The molecule has 0 radical (unpaired) electrons. The fraction of sp³-hybridized carbons (Fsp3) is 0.353. The maximum Gasteiger partial charge on any atom is 0.236 e. The van der Waals surface area contributed by atoms with Crippen molar-refractivity contribution in [1.82, 2.24) is 24.8 Å². The van der Waals surface area contributed by atoms with Crippen molar-refractivity contribution in [2.75, 3.05) is 19.6 Å². The van der Waals surface area contributed by atoms with E-state index in [0.29, 0.717) is 24.7 Å². The van der Waals surface area contributed by atoms with Gasteiger partial charge in [0, 0.05) is 39.1 Å². The third kappa shape index (κ3) is 3.22. The Bertz CT molecular complexity index is 854. The van der Waals surface area contributed by atoms with E-state index in [1.54, 1.807) is 23.8 Å². The largest absolute Gasteiger partial charge is 0.444 e. The van der Waals surface area contributed by atoms with Crippen molar-refractivity contribution in [2.24, 2.45) is 7.05 Å². The molecule has 8 heteroatoms. The van der Waals surface area contributed by atoms with Crippen LogP contribution in [0.25, 0.3) is 10.8 Å². The molecular formula is C17H19N5O2S. The minimum absolute atomic E-state index is 0.0422. The fourth-order valence-electron chi connectivity index (χ4n) is 3.09. The van der Waals surface area contributed by atoms with Gasteiger partial charge in [0.25, 0.3) is 0 Å². The van der Waals surface area contributed by atoms with Crippen LogP contribution in [0.4, 0.5) is 0 Å². The summed E-state index contributed by atoms with van der Waals surface area (Å²) in [5, 5.41) is 5.32. The number of imidazole rings is 1. The maximum atomic E-state index is 12.9. The number of amides is 1. The van der Waals surface area contributed by atoms with Crippen molar-refractivity contribution >= 4 is 17.2 Å². The van der Waals surface area contributed by atoms with Gasteiger partial charge < -0.3 is 19.2 Å². The molecule has 1 aliphatic heterocycles. The Kier molecular flexibility index (Phi) is 4.37. The molecule has 130 valence electrons. The SMILES string of the molecule is Cn1ccnc1C1CNCCN1C(=O)Cc1coc(-c2cccs2)n1. The smallest absolute Gasteiger partial charge is 0.236 e. The van der Waals surface area contributed by atoms with E-state index in [0.717, 1.165) is 17.2 Å². The van der Waals surface area contributed by atoms with Gasteiger partial charge in [-0.05, 0) is 11.4 Å². The molecule has 1 saturated heterocycles. The normalized spacial score (nSPS) is 17.8. The third-order valence-electron chi connectivity index (χ3n) is 4.34. The summed E-state index contributed by atoms with van der Waals surface area (Å²) in [5.74, 6) is 1.50. The van der Waals surface area contributed by atoms with Crippen LogP contribution in [-0.4, -0.2) is 45.0 Å². The van der Waals surface area contributed by atoms with Crippen LogP contribution >= 0.6 is 11.3 Å². The third-order valence-corrected chi connectivity index (χ3v) is 5.19. The summed E-state index contributed by atoms with van der Waals surface area (Å²) < 4.78 is 7.48. The molecule has 3 aromatic heterocycles. The van der Waals surface area contributed by atoms with E-state index in [-0.39, 0.29) is 18.4 Å². The number of hydrogen-bond acceptors (Lipinski definition) is 6. The first-order valence-electron chi connectivity index (χ1n) is 8.18. The molecule has 1 aliphatic rings. The van der Waals surface area contributed by atoms with E-state index in [4.69, 9.17) is 4.42 Å². The Hall–Kier alpha value is -2.45. The van der Waals surface area contributed by atoms with Crippen LogP contribution in [0, 0.1) is 0 Å². The highest BCUT2D eigenvalue weighted by atomic mass is 32.1. The van der Waals surface area contributed by atoms with E-state index < -0.39 is 0 Å². The van der Waals surface area contributed by atoms with Gasteiger partial charge in [0.15, 0.2) is 0 Å². The van der Waals surface area contributed by atoms with Crippen LogP contribution in [0.1, 0.15) is 17.6 Å². The number of carbonyl (C=O) groups excluding carboxylic acids is 1. The average Bonchev–Trinajstić information content (AvgIpc) is 3.36. The number of carbonyl (C=O) groups is 1. The zero-order chi connectivity index (χ0) is 17.2. The Morgan fingerprint density at radius 3 is 3.20 bits per heavy atom. The molecule has 0 saturated carbocycles. The van der Waals surface area contributed by atoms with Crippen LogP contribution < -0.4 is 5.32 Å². The summed E-state index contributed by atoms with van der Waals surface area (Å²) in [7, 11) is 1.95. The van der Waals surface area contributed by atoms with Crippen LogP contribution in [0.3, 0.4) is 0 Å². The molecule has 1 N–H and O–H groups in total. The van der Waals surface area contributed by atoms with Gasteiger partial charge in [-0.15, -0.1) is 11.3 Å². The predicted octanol–water partition coefficient (Wildman–Crippen LogP) is 1.85. The molecule has 0 aliphatic carbocycles. The Morgan fingerprint density at radius 2 is 2.44 bits per heavy atom. The van der Waals surface area contributed by atoms with Crippen molar-refractivity contribution in [2.45, 2.75) is 12.5 Å². The summed E-state index contributed by atoms with van der Waals surface area (Å²) in [6.45, 7) is 2.15. The first kappa shape index (κ1) is 16.0. The van der Waals surface area contributed by atoms with E-state index in [9.17, 15) is 4.79 Å². The number of thiophene rings is 1. The molecule has 3 aromatic rings. The zero-order valence-corrected chi connectivity index (χ0v) is 14.7. The topological polar surface area (TPSA) is 76.2 Å². The number of rotatable bonds is 4. The molecule has 25 heavy (non-hydrogen) atoms. The van der Waals surface area contributed by atoms with Crippen LogP contribution in [0.2, 0.25) is 0 Å². The highest BCUT2D eigenvalue weighted by Gasteiger charge is 2.30. The van der Waals surface area contributed by atoms with E-state index in [1.165, 1.54) is 0 Å². The van der Waals surface area contributed by atoms with Crippen LogP contribution in [-0.2, 0) is 18.3 Å². The Morgan fingerprint density at radius 1 is 1.52 bits per heavy atom. The van der Waals surface area contributed by atoms with Crippen molar-refractivity contribution in [1.29, 1.82) is 0 Å². The summed E-state index contributed by atoms with van der Waals surface area (Å²) in [4.78, 5) is 24.6. The van der Waals surface area contributed by atoms with Gasteiger partial charge in [-0.2, -0.15) is 0 Å². The van der Waals surface area contributed by atoms with Crippen molar-refractivity contribution in [3.8, 4) is 10.8 Å². The monoisotopic (exact) mass is 357 g/mol. The standard InChI is InChI=1S/C17H19N5O2S/c1-21-6-5-19-16(21)13-10-18-4-7-22(13)15(23)9-12-11-24-17(20-12)14-3-2-8-25-14/h2-3,5-6,8,11,13,18H,4,7,9-10H2,1H3. The van der Waals surface area contributed by atoms with E-state index in [1.807, 2.05) is 40.2 Å². The number of nitrogens with one attached hydrogen (secondary N) is 1. The molecule has 1 amide bonds. The van der Waals surface area contributed by atoms with Crippen molar-refractivity contribution < 1.29 is 9.21 Å².